The van der Waals surface area contributed by atoms with E-state index in [0.717, 1.165) is 28.1 Å². The van der Waals surface area contributed by atoms with Gasteiger partial charge in [0.1, 0.15) is 21.9 Å². The predicted octanol–water partition coefficient (Wildman–Crippen LogP) is 2.85. The predicted molar refractivity (Wildman–Crippen MR) is 76.8 cm³/mol. The van der Waals surface area contributed by atoms with Crippen LogP contribution >= 0.6 is 11.3 Å². The molecule has 2 aromatic heterocycles. The molecule has 0 radical (unpaired) electrons. The Morgan fingerprint density at radius 1 is 1.47 bits per heavy atom. The van der Waals surface area contributed by atoms with E-state index in [2.05, 4.69) is 29.1 Å². The molecule has 0 saturated heterocycles. The minimum absolute atomic E-state index is 0.324. The van der Waals surface area contributed by atoms with Gasteiger partial charge in [-0.1, -0.05) is 13.8 Å². The number of anilines is 1. The molecule has 2 heterocycles. The first-order chi connectivity index (χ1) is 9.04. The average Bonchev–Trinajstić information content (AvgIpc) is 2.73. The van der Waals surface area contributed by atoms with Crippen molar-refractivity contribution in [3.05, 3.63) is 16.8 Å². The standard InChI is InChI=1S/C13H17N3O2S/c1-7(2)5-14-11-9-8(3)10(13(17)18-4)19-12(9)16-6-15-11/h6-7H,5H2,1-4H3,(H,14,15,16). The van der Waals surface area contributed by atoms with E-state index in [0.29, 0.717) is 10.8 Å². The quantitative estimate of drug-likeness (QED) is 0.872. The molecule has 102 valence electrons. The van der Waals surface area contributed by atoms with Crippen molar-refractivity contribution in [1.29, 1.82) is 0 Å². The van der Waals surface area contributed by atoms with E-state index in [1.165, 1.54) is 24.8 Å². The zero-order valence-corrected chi connectivity index (χ0v) is 12.3. The van der Waals surface area contributed by atoms with Gasteiger partial charge >= 0.3 is 5.97 Å². The van der Waals surface area contributed by atoms with Crippen LogP contribution in [0.4, 0.5) is 5.82 Å². The number of fused-ring (bicyclic) bond motifs is 1. The van der Waals surface area contributed by atoms with E-state index in [1.807, 2.05) is 6.92 Å². The summed E-state index contributed by atoms with van der Waals surface area (Å²) in [6, 6.07) is 0. The van der Waals surface area contributed by atoms with Crippen LogP contribution in [0.1, 0.15) is 29.1 Å². The first kappa shape index (κ1) is 13.7. The molecular weight excluding hydrogens is 262 g/mol. The van der Waals surface area contributed by atoms with Crippen LogP contribution in [0.5, 0.6) is 0 Å². The molecule has 2 aromatic rings. The summed E-state index contributed by atoms with van der Waals surface area (Å²) in [4.78, 5) is 21.6. The number of hydrogen-bond donors (Lipinski definition) is 1. The molecule has 0 aliphatic carbocycles. The third-order valence-corrected chi connectivity index (χ3v) is 3.96. The van der Waals surface area contributed by atoms with Crippen LogP contribution in [-0.4, -0.2) is 29.6 Å². The molecule has 0 bridgehead atoms. The van der Waals surface area contributed by atoms with Crippen LogP contribution in [0, 0.1) is 12.8 Å². The maximum atomic E-state index is 11.7. The minimum atomic E-state index is -0.324. The van der Waals surface area contributed by atoms with Gasteiger partial charge in [-0.3, -0.25) is 0 Å². The fraction of sp³-hybridized carbons (Fsp3) is 0.462. The minimum Gasteiger partial charge on any atom is -0.465 e. The van der Waals surface area contributed by atoms with E-state index in [9.17, 15) is 4.79 Å². The highest BCUT2D eigenvalue weighted by molar-refractivity contribution is 7.20. The fourth-order valence-electron chi connectivity index (χ4n) is 1.79. The second-order valence-electron chi connectivity index (χ2n) is 4.72. The number of nitrogens with zero attached hydrogens (tertiary/aromatic N) is 2. The van der Waals surface area contributed by atoms with Gasteiger partial charge in [0.2, 0.25) is 0 Å². The van der Waals surface area contributed by atoms with E-state index >= 15 is 0 Å². The normalized spacial score (nSPS) is 11.0. The molecule has 6 heteroatoms. The Balaban J connectivity index is 2.49. The summed E-state index contributed by atoms with van der Waals surface area (Å²) in [7, 11) is 1.38. The van der Waals surface area contributed by atoms with Gasteiger partial charge in [0.15, 0.2) is 0 Å². The number of methoxy groups -OCH3 is 1. The summed E-state index contributed by atoms with van der Waals surface area (Å²) < 4.78 is 4.79. The number of ether oxygens (including phenoxy) is 1. The summed E-state index contributed by atoms with van der Waals surface area (Å²) in [6.45, 7) is 6.99. The lowest BCUT2D eigenvalue weighted by Gasteiger charge is -2.09. The highest BCUT2D eigenvalue weighted by Gasteiger charge is 2.19. The number of thiophene rings is 1. The number of rotatable bonds is 4. The Hall–Kier alpha value is -1.69. The van der Waals surface area contributed by atoms with Crippen LogP contribution in [0.25, 0.3) is 10.2 Å². The maximum Gasteiger partial charge on any atom is 0.348 e. The van der Waals surface area contributed by atoms with Gasteiger partial charge in [-0.05, 0) is 18.4 Å². The van der Waals surface area contributed by atoms with Gasteiger partial charge in [0.25, 0.3) is 0 Å². The third-order valence-electron chi connectivity index (χ3n) is 2.78. The van der Waals surface area contributed by atoms with Crippen molar-refractivity contribution in [3.63, 3.8) is 0 Å². The maximum absolute atomic E-state index is 11.7. The Morgan fingerprint density at radius 2 is 2.21 bits per heavy atom. The van der Waals surface area contributed by atoms with E-state index in [1.54, 1.807) is 0 Å². The second-order valence-corrected chi connectivity index (χ2v) is 5.72. The lowest BCUT2D eigenvalue weighted by atomic mass is 10.2. The van der Waals surface area contributed by atoms with Gasteiger partial charge < -0.3 is 10.1 Å². The number of esters is 1. The first-order valence-electron chi connectivity index (χ1n) is 6.10. The Labute approximate surface area is 116 Å². The molecule has 2 rings (SSSR count). The molecule has 1 N–H and O–H groups in total. The molecular formula is C13H17N3O2S. The molecule has 0 unspecified atom stereocenters. The molecule has 0 amide bonds. The highest BCUT2D eigenvalue weighted by Crippen LogP contribution is 2.33. The largest absolute Gasteiger partial charge is 0.465 e. The van der Waals surface area contributed by atoms with Crippen molar-refractivity contribution >= 4 is 33.3 Å². The van der Waals surface area contributed by atoms with Crippen molar-refractivity contribution in [2.24, 2.45) is 5.92 Å². The SMILES string of the molecule is COC(=O)c1sc2ncnc(NCC(C)C)c2c1C. The molecule has 0 fully saturated rings. The van der Waals surface area contributed by atoms with Gasteiger partial charge in [-0.15, -0.1) is 11.3 Å². The van der Waals surface area contributed by atoms with Crippen LogP contribution < -0.4 is 5.32 Å². The van der Waals surface area contributed by atoms with Gasteiger partial charge in [-0.2, -0.15) is 0 Å². The zero-order valence-electron chi connectivity index (χ0n) is 11.5. The zero-order chi connectivity index (χ0) is 14.0. The van der Waals surface area contributed by atoms with Crippen molar-refractivity contribution in [2.75, 3.05) is 19.0 Å². The molecule has 0 atom stereocenters. The van der Waals surface area contributed by atoms with Crippen molar-refractivity contribution in [3.8, 4) is 0 Å². The molecule has 0 aromatic carbocycles. The highest BCUT2D eigenvalue weighted by atomic mass is 32.1. The average molecular weight is 279 g/mol. The summed E-state index contributed by atoms with van der Waals surface area (Å²) in [6.07, 6.45) is 1.52. The van der Waals surface area contributed by atoms with Crippen LogP contribution in [0.15, 0.2) is 6.33 Å². The topological polar surface area (TPSA) is 64.1 Å². The summed E-state index contributed by atoms with van der Waals surface area (Å²) >= 11 is 1.34. The van der Waals surface area contributed by atoms with Crippen molar-refractivity contribution in [2.45, 2.75) is 20.8 Å². The molecule has 5 nitrogen and oxygen atoms in total. The van der Waals surface area contributed by atoms with Gasteiger partial charge in [0.05, 0.1) is 12.5 Å². The number of aromatic nitrogens is 2. The number of nitrogens with one attached hydrogen (secondary N) is 1. The lowest BCUT2D eigenvalue weighted by molar-refractivity contribution is 0.0605. The Bertz CT molecular complexity index is 607. The molecule has 0 aliphatic heterocycles. The summed E-state index contributed by atoms with van der Waals surface area (Å²) in [5.41, 5.74) is 0.874. The van der Waals surface area contributed by atoms with Gasteiger partial charge in [0, 0.05) is 6.54 Å². The first-order valence-corrected chi connectivity index (χ1v) is 6.92. The monoisotopic (exact) mass is 279 g/mol. The number of carbonyl (C=O) groups excluding carboxylic acids is 1. The van der Waals surface area contributed by atoms with E-state index in [4.69, 9.17) is 4.74 Å². The summed E-state index contributed by atoms with van der Waals surface area (Å²) in [5, 5.41) is 4.21. The number of carbonyl (C=O) groups is 1. The lowest BCUT2D eigenvalue weighted by Crippen LogP contribution is -2.09. The smallest absolute Gasteiger partial charge is 0.348 e. The van der Waals surface area contributed by atoms with E-state index in [-0.39, 0.29) is 5.97 Å². The second kappa shape index (κ2) is 5.52. The molecule has 0 aliphatic rings. The van der Waals surface area contributed by atoms with E-state index < -0.39 is 0 Å². The number of hydrogen-bond acceptors (Lipinski definition) is 6. The third kappa shape index (κ3) is 2.68. The Kier molecular flexibility index (Phi) is 3.99. The fourth-order valence-corrected chi connectivity index (χ4v) is 2.86. The van der Waals surface area contributed by atoms with Gasteiger partial charge in [-0.25, -0.2) is 14.8 Å². The van der Waals surface area contributed by atoms with Crippen LogP contribution in [0.3, 0.4) is 0 Å². The number of aryl methyl sites for hydroxylation is 1. The summed E-state index contributed by atoms with van der Waals surface area (Å²) in [5.74, 6) is 0.974. The Morgan fingerprint density at radius 3 is 2.84 bits per heavy atom. The van der Waals surface area contributed by atoms with Crippen LogP contribution in [-0.2, 0) is 4.74 Å². The molecule has 0 saturated carbocycles. The van der Waals surface area contributed by atoms with Crippen LogP contribution in [0.2, 0.25) is 0 Å². The molecule has 0 spiro atoms. The molecule has 19 heavy (non-hydrogen) atoms. The van der Waals surface area contributed by atoms with Crippen molar-refractivity contribution < 1.29 is 9.53 Å². The van der Waals surface area contributed by atoms with Crippen molar-refractivity contribution in [1.82, 2.24) is 9.97 Å².